The van der Waals surface area contributed by atoms with Gasteiger partial charge in [-0.25, -0.2) is 0 Å². The third-order valence-electron chi connectivity index (χ3n) is 4.88. The van der Waals surface area contributed by atoms with Gasteiger partial charge in [0.25, 0.3) is 11.5 Å². The summed E-state index contributed by atoms with van der Waals surface area (Å²) in [6.45, 7) is 7.48. The Labute approximate surface area is 170 Å². The minimum absolute atomic E-state index is 0.203. The smallest absolute Gasteiger partial charge is 0.272 e. The number of hydrogen-bond donors (Lipinski definition) is 1. The Morgan fingerprint density at radius 2 is 1.59 bits per heavy atom. The molecule has 3 aromatic rings. The zero-order valence-electron chi connectivity index (χ0n) is 16.8. The number of nitrogens with zero attached hydrogens (tertiary/aromatic N) is 3. The fourth-order valence-corrected chi connectivity index (χ4v) is 3.12. The van der Waals surface area contributed by atoms with Crippen molar-refractivity contribution in [1.82, 2.24) is 20.0 Å². The molecule has 150 valence electrons. The number of aromatic nitrogens is 2. The summed E-state index contributed by atoms with van der Waals surface area (Å²) >= 11 is 0. The fourth-order valence-electron chi connectivity index (χ4n) is 3.12. The molecule has 1 N–H and O–H groups in total. The topological polar surface area (TPSA) is 67.2 Å². The molecular weight excluding hydrogens is 364 g/mol. The summed E-state index contributed by atoms with van der Waals surface area (Å²) in [5.74, 6) is -0.313. The summed E-state index contributed by atoms with van der Waals surface area (Å²) in [5.41, 5.74) is 2.81. The summed E-state index contributed by atoms with van der Waals surface area (Å²) in [6.07, 6.45) is 0. The van der Waals surface area contributed by atoms with E-state index in [-0.39, 0.29) is 17.2 Å². The molecule has 0 bridgehead atoms. The maximum atomic E-state index is 12.7. The normalized spacial score (nSPS) is 10.9. The van der Waals surface area contributed by atoms with Crippen LogP contribution in [0.1, 0.15) is 35.5 Å². The predicted molar refractivity (Wildman–Crippen MR) is 114 cm³/mol. The molecule has 29 heavy (non-hydrogen) atoms. The van der Waals surface area contributed by atoms with Gasteiger partial charge < -0.3 is 5.32 Å². The molecule has 1 aromatic heterocycles. The SMILES string of the molecule is CCN(CC)Cc1ccccc1CNC(=O)c1ccc(=O)n(-c2ccccc2)n1. The van der Waals surface area contributed by atoms with Crippen molar-refractivity contribution in [1.29, 1.82) is 0 Å². The van der Waals surface area contributed by atoms with Crippen molar-refractivity contribution in [2.24, 2.45) is 0 Å². The molecule has 6 nitrogen and oxygen atoms in total. The van der Waals surface area contributed by atoms with Crippen LogP contribution in [0.25, 0.3) is 5.69 Å². The van der Waals surface area contributed by atoms with Gasteiger partial charge in [0.1, 0.15) is 5.69 Å². The third kappa shape index (κ3) is 5.18. The second kappa shape index (κ2) is 9.80. The van der Waals surface area contributed by atoms with Gasteiger partial charge in [-0.15, -0.1) is 0 Å². The van der Waals surface area contributed by atoms with Crippen LogP contribution in [-0.4, -0.2) is 33.7 Å². The summed E-state index contributed by atoms with van der Waals surface area (Å²) in [6, 6.07) is 20.0. The number of benzene rings is 2. The summed E-state index contributed by atoms with van der Waals surface area (Å²) in [4.78, 5) is 27.1. The standard InChI is InChI=1S/C23H26N4O2/c1-3-26(4-2)17-19-11-9-8-10-18(19)16-24-23(29)21-14-15-22(28)27(25-21)20-12-6-5-7-13-20/h5-15H,3-4,16-17H2,1-2H3,(H,24,29). The fraction of sp³-hybridized carbons (Fsp3) is 0.261. The number of hydrogen-bond acceptors (Lipinski definition) is 4. The number of rotatable bonds is 8. The van der Waals surface area contributed by atoms with Crippen molar-refractivity contribution in [2.45, 2.75) is 26.9 Å². The Morgan fingerprint density at radius 1 is 0.931 bits per heavy atom. The molecule has 0 atom stereocenters. The Bertz CT molecular complexity index is 1010. The van der Waals surface area contributed by atoms with Crippen molar-refractivity contribution in [3.8, 4) is 5.69 Å². The molecule has 3 rings (SSSR count). The van der Waals surface area contributed by atoms with E-state index in [1.54, 1.807) is 12.1 Å². The van der Waals surface area contributed by atoms with E-state index in [0.717, 1.165) is 25.2 Å². The molecule has 0 saturated carbocycles. The van der Waals surface area contributed by atoms with Gasteiger partial charge in [-0.3, -0.25) is 14.5 Å². The van der Waals surface area contributed by atoms with E-state index in [1.807, 2.05) is 36.4 Å². The lowest BCUT2D eigenvalue weighted by Crippen LogP contribution is -2.29. The summed E-state index contributed by atoms with van der Waals surface area (Å²) < 4.78 is 1.24. The van der Waals surface area contributed by atoms with Crippen LogP contribution in [0, 0.1) is 0 Å². The predicted octanol–water partition coefficient (Wildman–Crippen LogP) is 3.00. The Hall–Kier alpha value is -3.25. The van der Waals surface area contributed by atoms with Crippen LogP contribution < -0.4 is 10.9 Å². The Morgan fingerprint density at radius 3 is 2.28 bits per heavy atom. The quantitative estimate of drug-likeness (QED) is 0.642. The molecule has 0 spiro atoms. The highest BCUT2D eigenvalue weighted by Crippen LogP contribution is 2.12. The monoisotopic (exact) mass is 390 g/mol. The molecule has 0 aliphatic carbocycles. The van der Waals surface area contributed by atoms with Crippen LogP contribution in [0.4, 0.5) is 0 Å². The van der Waals surface area contributed by atoms with Gasteiger partial charge in [0, 0.05) is 19.2 Å². The van der Waals surface area contributed by atoms with Crippen molar-refractivity contribution in [2.75, 3.05) is 13.1 Å². The molecule has 0 saturated heterocycles. The highest BCUT2D eigenvalue weighted by Gasteiger charge is 2.12. The first-order valence-electron chi connectivity index (χ1n) is 9.85. The van der Waals surface area contributed by atoms with E-state index in [0.29, 0.717) is 12.2 Å². The first-order valence-corrected chi connectivity index (χ1v) is 9.85. The van der Waals surface area contributed by atoms with E-state index in [2.05, 4.69) is 35.2 Å². The van der Waals surface area contributed by atoms with Gasteiger partial charge in [0.15, 0.2) is 0 Å². The second-order valence-electron chi connectivity index (χ2n) is 6.72. The van der Waals surface area contributed by atoms with Crippen LogP contribution in [0.15, 0.2) is 71.5 Å². The molecule has 0 radical (unpaired) electrons. The minimum atomic E-state index is -0.313. The third-order valence-corrected chi connectivity index (χ3v) is 4.88. The Balaban J connectivity index is 1.75. The highest BCUT2D eigenvalue weighted by molar-refractivity contribution is 5.92. The van der Waals surface area contributed by atoms with E-state index in [1.165, 1.54) is 22.4 Å². The number of carbonyl (C=O) groups excluding carboxylic acids is 1. The summed E-state index contributed by atoms with van der Waals surface area (Å²) in [7, 11) is 0. The van der Waals surface area contributed by atoms with Gasteiger partial charge >= 0.3 is 0 Å². The number of para-hydroxylation sites is 1. The zero-order valence-corrected chi connectivity index (χ0v) is 16.8. The number of carbonyl (C=O) groups is 1. The van der Waals surface area contributed by atoms with Crippen molar-refractivity contribution >= 4 is 5.91 Å². The molecule has 2 aromatic carbocycles. The molecular formula is C23H26N4O2. The van der Waals surface area contributed by atoms with Gasteiger partial charge in [-0.2, -0.15) is 9.78 Å². The van der Waals surface area contributed by atoms with Gasteiger partial charge in [0.05, 0.1) is 5.69 Å². The lowest BCUT2D eigenvalue weighted by atomic mass is 10.1. The number of nitrogens with one attached hydrogen (secondary N) is 1. The lowest BCUT2D eigenvalue weighted by molar-refractivity contribution is 0.0944. The molecule has 0 aliphatic heterocycles. The average molecular weight is 390 g/mol. The maximum Gasteiger partial charge on any atom is 0.272 e. The summed E-state index contributed by atoms with van der Waals surface area (Å²) in [5, 5.41) is 7.16. The van der Waals surface area contributed by atoms with Crippen LogP contribution in [0.3, 0.4) is 0 Å². The van der Waals surface area contributed by atoms with Crippen LogP contribution in [0.2, 0.25) is 0 Å². The first kappa shape index (κ1) is 20.5. The van der Waals surface area contributed by atoms with E-state index in [9.17, 15) is 9.59 Å². The van der Waals surface area contributed by atoms with E-state index >= 15 is 0 Å². The molecule has 0 fully saturated rings. The molecule has 6 heteroatoms. The van der Waals surface area contributed by atoms with Crippen molar-refractivity contribution in [3.63, 3.8) is 0 Å². The minimum Gasteiger partial charge on any atom is -0.347 e. The van der Waals surface area contributed by atoms with E-state index < -0.39 is 0 Å². The lowest BCUT2D eigenvalue weighted by Gasteiger charge is -2.20. The van der Waals surface area contributed by atoms with Crippen LogP contribution in [0.5, 0.6) is 0 Å². The maximum absolute atomic E-state index is 12.7. The van der Waals surface area contributed by atoms with Gasteiger partial charge in [-0.1, -0.05) is 56.3 Å². The van der Waals surface area contributed by atoms with Crippen LogP contribution >= 0.6 is 0 Å². The van der Waals surface area contributed by atoms with Gasteiger partial charge in [0.2, 0.25) is 0 Å². The second-order valence-corrected chi connectivity index (χ2v) is 6.72. The van der Waals surface area contributed by atoms with Crippen molar-refractivity contribution < 1.29 is 4.79 Å². The first-order chi connectivity index (χ1) is 14.1. The highest BCUT2D eigenvalue weighted by atomic mass is 16.2. The van der Waals surface area contributed by atoms with Gasteiger partial charge in [-0.05, 0) is 42.4 Å². The van der Waals surface area contributed by atoms with Crippen molar-refractivity contribution in [3.05, 3.63) is 93.9 Å². The van der Waals surface area contributed by atoms with E-state index in [4.69, 9.17) is 0 Å². The zero-order chi connectivity index (χ0) is 20.6. The molecule has 1 heterocycles. The molecule has 0 aliphatic rings. The molecule has 0 unspecified atom stereocenters. The molecule has 1 amide bonds. The largest absolute Gasteiger partial charge is 0.347 e. The number of amides is 1. The van der Waals surface area contributed by atoms with Crippen LogP contribution in [-0.2, 0) is 13.1 Å². The average Bonchev–Trinajstić information content (AvgIpc) is 2.77. The Kier molecular flexibility index (Phi) is 6.92.